The molecule has 1 amide bonds. The van der Waals surface area contributed by atoms with E-state index in [2.05, 4.69) is 10.3 Å². The van der Waals surface area contributed by atoms with E-state index in [9.17, 15) is 9.18 Å². The Balaban J connectivity index is 1.58. The molecule has 2 aromatic carbocycles. The number of aryl methyl sites for hydroxylation is 2. The highest BCUT2D eigenvalue weighted by molar-refractivity contribution is 7.13. The number of hydrogen-bond donors (Lipinski definition) is 1. The fourth-order valence-electron chi connectivity index (χ4n) is 2.37. The zero-order chi connectivity index (χ0) is 18.5. The van der Waals surface area contributed by atoms with Crippen LogP contribution in [0.5, 0.6) is 5.75 Å². The summed E-state index contributed by atoms with van der Waals surface area (Å²) in [6.07, 6.45) is 0. The lowest BCUT2D eigenvalue weighted by Gasteiger charge is -2.04. The first kappa shape index (κ1) is 18.1. The standard InChI is InChI=1S/C20H19FN2O2S/c1-13-3-9-17(10-4-13)25-12-18-23-14(2)19(26-18)20(24)22-11-15-5-7-16(21)8-6-15/h3-10H,11-12H2,1-2H3,(H,22,24). The summed E-state index contributed by atoms with van der Waals surface area (Å²) in [5.74, 6) is 0.285. The Hall–Kier alpha value is -2.73. The Labute approximate surface area is 155 Å². The van der Waals surface area contributed by atoms with Crippen molar-refractivity contribution in [2.45, 2.75) is 27.0 Å². The second-order valence-corrected chi connectivity index (χ2v) is 7.02. The van der Waals surface area contributed by atoms with Gasteiger partial charge in [0.1, 0.15) is 28.1 Å². The van der Waals surface area contributed by atoms with Crippen molar-refractivity contribution in [3.8, 4) is 5.75 Å². The molecule has 0 saturated carbocycles. The molecule has 1 heterocycles. The Kier molecular flexibility index (Phi) is 5.63. The van der Waals surface area contributed by atoms with Gasteiger partial charge >= 0.3 is 0 Å². The number of carbonyl (C=O) groups excluding carboxylic acids is 1. The quantitative estimate of drug-likeness (QED) is 0.699. The first-order chi connectivity index (χ1) is 12.5. The monoisotopic (exact) mass is 370 g/mol. The number of thiazole rings is 1. The summed E-state index contributed by atoms with van der Waals surface area (Å²) >= 11 is 1.32. The van der Waals surface area contributed by atoms with E-state index in [0.29, 0.717) is 23.7 Å². The van der Waals surface area contributed by atoms with Crippen molar-refractivity contribution in [1.82, 2.24) is 10.3 Å². The van der Waals surface area contributed by atoms with E-state index >= 15 is 0 Å². The number of hydrogen-bond acceptors (Lipinski definition) is 4. The van der Waals surface area contributed by atoms with Crippen molar-refractivity contribution in [1.29, 1.82) is 0 Å². The highest BCUT2D eigenvalue weighted by Gasteiger charge is 2.15. The molecule has 0 aliphatic carbocycles. The number of nitrogens with one attached hydrogen (secondary N) is 1. The van der Waals surface area contributed by atoms with Crippen LogP contribution >= 0.6 is 11.3 Å². The fourth-order valence-corrected chi connectivity index (χ4v) is 3.26. The molecule has 0 fully saturated rings. The SMILES string of the molecule is Cc1ccc(OCc2nc(C)c(C(=O)NCc3ccc(F)cc3)s2)cc1. The van der Waals surface area contributed by atoms with Gasteiger partial charge in [0.15, 0.2) is 0 Å². The zero-order valence-electron chi connectivity index (χ0n) is 14.6. The molecular formula is C20H19FN2O2S. The maximum atomic E-state index is 12.9. The minimum atomic E-state index is -0.295. The molecule has 26 heavy (non-hydrogen) atoms. The van der Waals surface area contributed by atoms with Crippen molar-refractivity contribution in [2.75, 3.05) is 0 Å². The molecule has 0 aliphatic heterocycles. The van der Waals surface area contributed by atoms with Crippen LogP contribution in [-0.4, -0.2) is 10.9 Å². The van der Waals surface area contributed by atoms with Gasteiger partial charge in [-0.2, -0.15) is 0 Å². The van der Waals surface area contributed by atoms with Gasteiger partial charge in [0.05, 0.1) is 5.69 Å². The van der Waals surface area contributed by atoms with Gasteiger partial charge in [-0.3, -0.25) is 4.79 Å². The average Bonchev–Trinajstić information content (AvgIpc) is 3.01. The van der Waals surface area contributed by atoms with Crippen molar-refractivity contribution >= 4 is 17.2 Å². The number of amides is 1. The van der Waals surface area contributed by atoms with E-state index in [1.54, 1.807) is 19.1 Å². The highest BCUT2D eigenvalue weighted by atomic mass is 32.1. The number of nitrogens with zero attached hydrogens (tertiary/aromatic N) is 1. The van der Waals surface area contributed by atoms with Crippen LogP contribution in [0, 0.1) is 19.7 Å². The summed E-state index contributed by atoms with van der Waals surface area (Å²) in [7, 11) is 0. The zero-order valence-corrected chi connectivity index (χ0v) is 15.4. The number of ether oxygens (including phenoxy) is 1. The van der Waals surface area contributed by atoms with Crippen LogP contribution in [-0.2, 0) is 13.2 Å². The second kappa shape index (κ2) is 8.10. The Morgan fingerprint density at radius 2 is 1.81 bits per heavy atom. The molecule has 0 radical (unpaired) electrons. The van der Waals surface area contributed by atoms with E-state index < -0.39 is 0 Å². The smallest absolute Gasteiger partial charge is 0.263 e. The summed E-state index contributed by atoms with van der Waals surface area (Å²) < 4.78 is 18.6. The van der Waals surface area contributed by atoms with Crippen molar-refractivity contribution in [2.24, 2.45) is 0 Å². The van der Waals surface area contributed by atoms with Gasteiger partial charge in [0.2, 0.25) is 0 Å². The van der Waals surface area contributed by atoms with Crippen LogP contribution < -0.4 is 10.1 Å². The Bertz CT molecular complexity index is 889. The third-order valence-corrected chi connectivity index (χ3v) is 4.93. The van der Waals surface area contributed by atoms with Crippen LogP contribution in [0.1, 0.15) is 31.5 Å². The van der Waals surface area contributed by atoms with E-state index in [0.717, 1.165) is 16.3 Å². The van der Waals surface area contributed by atoms with Gasteiger partial charge in [-0.05, 0) is 43.7 Å². The summed E-state index contributed by atoms with van der Waals surface area (Å²) in [5.41, 5.74) is 2.68. The number of rotatable bonds is 6. The predicted molar refractivity (Wildman–Crippen MR) is 99.9 cm³/mol. The summed E-state index contributed by atoms with van der Waals surface area (Å²) in [6, 6.07) is 13.8. The molecule has 134 valence electrons. The molecular weight excluding hydrogens is 351 g/mol. The second-order valence-electron chi connectivity index (χ2n) is 5.93. The largest absolute Gasteiger partial charge is 0.486 e. The van der Waals surface area contributed by atoms with Crippen molar-refractivity contribution < 1.29 is 13.9 Å². The molecule has 0 bridgehead atoms. The van der Waals surface area contributed by atoms with Crippen LogP contribution in [0.15, 0.2) is 48.5 Å². The Morgan fingerprint density at radius 1 is 1.12 bits per heavy atom. The topological polar surface area (TPSA) is 51.2 Å². The van der Waals surface area contributed by atoms with Crippen LogP contribution in [0.25, 0.3) is 0 Å². The minimum absolute atomic E-state index is 0.189. The van der Waals surface area contributed by atoms with E-state index in [1.165, 1.54) is 29.0 Å². The first-order valence-corrected chi connectivity index (χ1v) is 9.01. The molecule has 0 atom stereocenters. The highest BCUT2D eigenvalue weighted by Crippen LogP contribution is 2.20. The predicted octanol–water partition coefficient (Wildman–Crippen LogP) is 4.41. The third kappa shape index (κ3) is 4.67. The molecule has 0 aliphatic rings. The minimum Gasteiger partial charge on any atom is -0.486 e. The van der Waals surface area contributed by atoms with Crippen LogP contribution in [0.3, 0.4) is 0 Å². The van der Waals surface area contributed by atoms with E-state index in [4.69, 9.17) is 4.74 Å². The van der Waals surface area contributed by atoms with Crippen LogP contribution in [0.2, 0.25) is 0 Å². The lowest BCUT2D eigenvalue weighted by molar-refractivity contribution is 0.0954. The molecule has 0 saturated heterocycles. The maximum Gasteiger partial charge on any atom is 0.263 e. The van der Waals surface area contributed by atoms with Gasteiger partial charge in [-0.1, -0.05) is 29.8 Å². The first-order valence-electron chi connectivity index (χ1n) is 8.19. The number of halogens is 1. The van der Waals surface area contributed by atoms with Crippen molar-refractivity contribution in [3.63, 3.8) is 0 Å². The van der Waals surface area contributed by atoms with Gasteiger partial charge in [-0.25, -0.2) is 9.37 Å². The number of carbonyl (C=O) groups is 1. The molecule has 1 aromatic heterocycles. The molecule has 1 N–H and O–H groups in total. The lowest BCUT2D eigenvalue weighted by atomic mass is 10.2. The third-order valence-electron chi connectivity index (χ3n) is 3.80. The molecule has 6 heteroatoms. The molecule has 3 rings (SSSR count). The average molecular weight is 370 g/mol. The molecule has 0 spiro atoms. The summed E-state index contributed by atoms with van der Waals surface area (Å²) in [6.45, 7) is 4.48. The number of benzene rings is 2. The van der Waals surface area contributed by atoms with Gasteiger partial charge < -0.3 is 10.1 Å². The van der Waals surface area contributed by atoms with E-state index in [-0.39, 0.29) is 11.7 Å². The maximum absolute atomic E-state index is 12.9. The van der Waals surface area contributed by atoms with Gasteiger partial charge in [-0.15, -0.1) is 11.3 Å². The lowest BCUT2D eigenvalue weighted by Crippen LogP contribution is -2.22. The number of aromatic nitrogens is 1. The summed E-state index contributed by atoms with van der Waals surface area (Å²) in [4.78, 5) is 17.4. The van der Waals surface area contributed by atoms with Crippen molar-refractivity contribution in [3.05, 3.63) is 81.1 Å². The molecule has 0 unspecified atom stereocenters. The van der Waals surface area contributed by atoms with E-state index in [1.807, 2.05) is 31.2 Å². The molecule has 3 aromatic rings. The van der Waals surface area contributed by atoms with Gasteiger partial charge in [0.25, 0.3) is 5.91 Å². The Morgan fingerprint density at radius 3 is 2.50 bits per heavy atom. The normalized spacial score (nSPS) is 10.6. The van der Waals surface area contributed by atoms with Crippen LogP contribution in [0.4, 0.5) is 4.39 Å². The summed E-state index contributed by atoms with van der Waals surface area (Å²) in [5, 5.41) is 3.58. The molecule has 4 nitrogen and oxygen atoms in total. The fraction of sp³-hybridized carbons (Fsp3) is 0.200. The van der Waals surface area contributed by atoms with Gasteiger partial charge in [0, 0.05) is 6.54 Å².